The van der Waals surface area contributed by atoms with Gasteiger partial charge in [-0.25, -0.2) is 4.52 Å². The average Bonchev–Trinajstić information content (AvgIpc) is 2.75. The van der Waals surface area contributed by atoms with E-state index < -0.39 is 12.0 Å². The average molecular weight is 257 g/mol. The number of aryl methyl sites for hydroxylation is 1. The predicted octanol–water partition coefficient (Wildman–Crippen LogP) is 3.27. The summed E-state index contributed by atoms with van der Waals surface area (Å²) >= 11 is 1.21. The Morgan fingerprint density at radius 1 is 1.29 bits per heavy atom. The van der Waals surface area contributed by atoms with Gasteiger partial charge in [0.25, 0.3) is 5.82 Å². The van der Waals surface area contributed by atoms with E-state index in [1.165, 1.54) is 15.9 Å². The Morgan fingerprint density at radius 2 is 2.06 bits per heavy atom. The van der Waals surface area contributed by atoms with Crippen molar-refractivity contribution < 1.29 is 13.2 Å². The highest BCUT2D eigenvalue weighted by Gasteiger charge is 2.36. The maximum atomic E-state index is 12.4. The van der Waals surface area contributed by atoms with Gasteiger partial charge >= 0.3 is 6.18 Å². The summed E-state index contributed by atoms with van der Waals surface area (Å²) in [7, 11) is 0. The second-order valence-corrected chi connectivity index (χ2v) is 4.63. The van der Waals surface area contributed by atoms with Gasteiger partial charge in [0.05, 0.1) is 10.2 Å². The van der Waals surface area contributed by atoms with Gasteiger partial charge in [-0.3, -0.25) is 0 Å². The number of benzene rings is 1. The molecule has 3 rings (SSSR count). The highest BCUT2D eigenvalue weighted by atomic mass is 32.1. The third-order valence-corrected chi connectivity index (χ3v) is 3.63. The lowest BCUT2D eigenvalue weighted by Crippen LogP contribution is -2.07. The molecule has 0 fully saturated rings. The van der Waals surface area contributed by atoms with Crippen LogP contribution >= 0.6 is 11.3 Å². The number of nitrogens with zero attached hydrogens (tertiary/aromatic N) is 3. The Hall–Kier alpha value is -1.63. The van der Waals surface area contributed by atoms with E-state index >= 15 is 0 Å². The number of fused-ring (bicyclic) bond motifs is 3. The van der Waals surface area contributed by atoms with Gasteiger partial charge in [0.1, 0.15) is 0 Å². The molecule has 0 N–H and O–H groups in total. The van der Waals surface area contributed by atoms with Crippen LogP contribution in [0.5, 0.6) is 0 Å². The summed E-state index contributed by atoms with van der Waals surface area (Å²) in [6.45, 7) is 1.91. The molecular formula is C10H6F3N3S. The number of aromatic nitrogens is 3. The molecule has 17 heavy (non-hydrogen) atoms. The summed E-state index contributed by atoms with van der Waals surface area (Å²) in [6, 6.07) is 5.43. The van der Waals surface area contributed by atoms with E-state index in [4.69, 9.17) is 0 Å². The fourth-order valence-electron chi connectivity index (χ4n) is 1.67. The molecule has 2 aromatic heterocycles. The molecule has 0 saturated heterocycles. The molecule has 0 amide bonds. The second-order valence-electron chi connectivity index (χ2n) is 3.65. The standard InChI is InChI=1S/C10H6F3N3S/c1-5-3-2-4-6-7(5)17-9-14-8(10(11,12)13)15-16(6)9/h2-4H,1H3. The highest BCUT2D eigenvalue weighted by Crippen LogP contribution is 2.32. The van der Waals surface area contributed by atoms with Gasteiger partial charge in [0.15, 0.2) is 0 Å². The molecule has 2 heterocycles. The Balaban J connectivity index is 2.36. The second kappa shape index (κ2) is 3.19. The van der Waals surface area contributed by atoms with Crippen molar-refractivity contribution in [1.82, 2.24) is 14.6 Å². The molecule has 3 nitrogen and oxygen atoms in total. The van der Waals surface area contributed by atoms with Crippen molar-refractivity contribution in [1.29, 1.82) is 0 Å². The van der Waals surface area contributed by atoms with Crippen LogP contribution in [-0.4, -0.2) is 14.6 Å². The van der Waals surface area contributed by atoms with E-state index in [9.17, 15) is 13.2 Å². The third-order valence-electron chi connectivity index (χ3n) is 2.44. The fourth-order valence-corrected chi connectivity index (χ4v) is 2.70. The Morgan fingerprint density at radius 3 is 2.76 bits per heavy atom. The minimum absolute atomic E-state index is 0.265. The van der Waals surface area contributed by atoms with Crippen LogP contribution < -0.4 is 0 Å². The molecule has 1 aromatic carbocycles. The molecule has 3 aromatic rings. The van der Waals surface area contributed by atoms with Crippen LogP contribution in [-0.2, 0) is 6.18 Å². The predicted molar refractivity (Wildman–Crippen MR) is 58.1 cm³/mol. The molecule has 7 heteroatoms. The monoisotopic (exact) mass is 257 g/mol. The number of halogens is 3. The minimum Gasteiger partial charge on any atom is -0.203 e. The topological polar surface area (TPSA) is 30.2 Å². The first-order valence-electron chi connectivity index (χ1n) is 4.79. The zero-order valence-corrected chi connectivity index (χ0v) is 9.43. The molecule has 0 bridgehead atoms. The van der Waals surface area contributed by atoms with Crippen molar-refractivity contribution in [2.45, 2.75) is 13.1 Å². The quantitative estimate of drug-likeness (QED) is 0.618. The summed E-state index contributed by atoms with van der Waals surface area (Å²) in [5, 5.41) is 3.50. The summed E-state index contributed by atoms with van der Waals surface area (Å²) in [5.74, 6) is -1.09. The van der Waals surface area contributed by atoms with Gasteiger partial charge in [-0.1, -0.05) is 23.5 Å². The van der Waals surface area contributed by atoms with Crippen LogP contribution in [0.2, 0.25) is 0 Å². The molecule has 0 unspecified atom stereocenters. The van der Waals surface area contributed by atoms with Gasteiger partial charge < -0.3 is 0 Å². The Labute approximate surface area is 97.5 Å². The number of hydrogen-bond acceptors (Lipinski definition) is 3. The summed E-state index contributed by atoms with van der Waals surface area (Å²) in [6.07, 6.45) is -4.50. The summed E-state index contributed by atoms with van der Waals surface area (Å²) < 4.78 is 39.5. The van der Waals surface area contributed by atoms with Gasteiger partial charge in [-0.05, 0) is 18.6 Å². The Bertz CT molecular complexity index is 711. The maximum absolute atomic E-state index is 12.4. The van der Waals surface area contributed by atoms with Crippen molar-refractivity contribution >= 4 is 26.5 Å². The van der Waals surface area contributed by atoms with E-state index in [-0.39, 0.29) is 4.96 Å². The lowest BCUT2D eigenvalue weighted by molar-refractivity contribution is -0.144. The van der Waals surface area contributed by atoms with Crippen LogP contribution in [0.3, 0.4) is 0 Å². The van der Waals surface area contributed by atoms with E-state index in [1.54, 1.807) is 12.1 Å². The van der Waals surface area contributed by atoms with Crippen LogP contribution in [0.4, 0.5) is 13.2 Å². The minimum atomic E-state index is -4.50. The molecule has 0 aliphatic rings. The zero-order valence-electron chi connectivity index (χ0n) is 8.62. The smallest absolute Gasteiger partial charge is 0.203 e. The largest absolute Gasteiger partial charge is 0.453 e. The summed E-state index contributed by atoms with van der Waals surface area (Å²) in [4.78, 5) is 3.77. The lowest BCUT2D eigenvalue weighted by Gasteiger charge is -1.98. The van der Waals surface area contributed by atoms with Gasteiger partial charge in [-0.2, -0.15) is 18.2 Å². The number of thiazole rings is 1. The third kappa shape index (κ3) is 1.49. The summed E-state index contributed by atoms with van der Waals surface area (Å²) in [5.41, 5.74) is 1.67. The van der Waals surface area contributed by atoms with Crippen LogP contribution in [0.25, 0.3) is 15.2 Å². The molecule has 0 saturated carbocycles. The van der Waals surface area contributed by atoms with Crippen LogP contribution in [0.1, 0.15) is 11.4 Å². The molecule has 0 radical (unpaired) electrons. The van der Waals surface area contributed by atoms with E-state index in [1.807, 2.05) is 13.0 Å². The van der Waals surface area contributed by atoms with Crippen molar-refractivity contribution in [3.8, 4) is 0 Å². The van der Waals surface area contributed by atoms with Crippen molar-refractivity contribution in [3.63, 3.8) is 0 Å². The molecule has 0 spiro atoms. The van der Waals surface area contributed by atoms with Crippen molar-refractivity contribution in [3.05, 3.63) is 29.6 Å². The first-order valence-corrected chi connectivity index (χ1v) is 5.60. The zero-order chi connectivity index (χ0) is 12.2. The highest BCUT2D eigenvalue weighted by molar-refractivity contribution is 7.23. The number of hydrogen-bond donors (Lipinski definition) is 0. The maximum Gasteiger partial charge on any atom is 0.453 e. The van der Waals surface area contributed by atoms with Crippen LogP contribution in [0, 0.1) is 6.92 Å². The number of alkyl halides is 3. The Kier molecular flexibility index (Phi) is 1.97. The molecule has 0 atom stereocenters. The normalized spacial score (nSPS) is 12.7. The van der Waals surface area contributed by atoms with E-state index in [0.29, 0.717) is 5.52 Å². The van der Waals surface area contributed by atoms with Gasteiger partial charge in [-0.15, -0.1) is 5.10 Å². The SMILES string of the molecule is Cc1cccc2c1sc1nc(C(F)(F)F)nn12. The first kappa shape index (κ1) is 10.5. The van der Waals surface area contributed by atoms with Crippen molar-refractivity contribution in [2.24, 2.45) is 0 Å². The molecule has 88 valence electrons. The fraction of sp³-hybridized carbons (Fsp3) is 0.200. The lowest BCUT2D eigenvalue weighted by atomic mass is 10.2. The van der Waals surface area contributed by atoms with Gasteiger partial charge in [0, 0.05) is 0 Å². The van der Waals surface area contributed by atoms with Crippen LogP contribution in [0.15, 0.2) is 18.2 Å². The molecule has 0 aliphatic heterocycles. The molecular weight excluding hydrogens is 251 g/mol. The first-order chi connectivity index (χ1) is 7.97. The molecule has 0 aliphatic carbocycles. The van der Waals surface area contributed by atoms with E-state index in [0.717, 1.165) is 10.3 Å². The van der Waals surface area contributed by atoms with Crippen molar-refractivity contribution in [2.75, 3.05) is 0 Å². The van der Waals surface area contributed by atoms with E-state index in [2.05, 4.69) is 10.1 Å². The number of rotatable bonds is 0. The van der Waals surface area contributed by atoms with Gasteiger partial charge in [0.2, 0.25) is 4.96 Å².